The average Bonchev–Trinajstić information content (AvgIpc) is 3.11. The van der Waals surface area contributed by atoms with Gasteiger partial charge in [0, 0.05) is 37.4 Å². The molecular weight excluding hydrogens is 212 g/mol. The van der Waals surface area contributed by atoms with Gasteiger partial charge in [-0.25, -0.2) is 4.98 Å². The summed E-state index contributed by atoms with van der Waals surface area (Å²) in [6.07, 6.45) is 11.2. The highest BCUT2D eigenvalue weighted by Gasteiger charge is 2.25. The molecule has 0 amide bonds. The molecule has 2 aromatic heterocycles. The number of imidazole rings is 1. The van der Waals surface area contributed by atoms with E-state index in [0.717, 1.165) is 18.9 Å². The van der Waals surface area contributed by atoms with Crippen LogP contribution in [0.4, 0.5) is 5.95 Å². The minimum absolute atomic E-state index is 0.681. The van der Waals surface area contributed by atoms with Crippen LogP contribution in [0.15, 0.2) is 36.9 Å². The maximum absolute atomic E-state index is 4.35. The zero-order valence-electron chi connectivity index (χ0n) is 9.71. The lowest BCUT2D eigenvalue weighted by atomic mass is 10.2. The van der Waals surface area contributed by atoms with Crippen molar-refractivity contribution in [3.05, 3.63) is 42.5 Å². The van der Waals surface area contributed by atoms with E-state index in [1.807, 2.05) is 18.6 Å². The van der Waals surface area contributed by atoms with Crippen molar-refractivity contribution >= 4 is 5.95 Å². The lowest BCUT2D eigenvalue weighted by Gasteiger charge is -2.08. The highest BCUT2D eigenvalue weighted by molar-refractivity contribution is 5.28. The predicted molar refractivity (Wildman–Crippen MR) is 66.9 cm³/mol. The molecule has 0 aliphatic heterocycles. The molecule has 4 nitrogen and oxygen atoms in total. The maximum atomic E-state index is 4.35. The summed E-state index contributed by atoms with van der Waals surface area (Å²) in [7, 11) is 0. The van der Waals surface area contributed by atoms with E-state index in [4.69, 9.17) is 0 Å². The Hall–Kier alpha value is -1.84. The van der Waals surface area contributed by atoms with Crippen LogP contribution in [0.5, 0.6) is 0 Å². The summed E-state index contributed by atoms with van der Waals surface area (Å²) in [5, 5.41) is 3.39. The summed E-state index contributed by atoms with van der Waals surface area (Å²) < 4.78 is 2.24. The Labute approximate surface area is 101 Å². The average molecular weight is 228 g/mol. The number of anilines is 1. The molecule has 0 radical (unpaired) electrons. The first-order valence-corrected chi connectivity index (χ1v) is 6.09. The fraction of sp³-hybridized carbons (Fsp3) is 0.385. The molecule has 0 aromatic carbocycles. The summed E-state index contributed by atoms with van der Waals surface area (Å²) in [6, 6.07) is 4.78. The smallest absolute Gasteiger partial charge is 0.203 e. The number of rotatable bonds is 5. The van der Waals surface area contributed by atoms with Gasteiger partial charge in [-0.3, -0.25) is 4.98 Å². The van der Waals surface area contributed by atoms with Crippen LogP contribution in [0.1, 0.15) is 24.4 Å². The molecule has 0 saturated heterocycles. The van der Waals surface area contributed by atoms with E-state index in [1.165, 1.54) is 18.4 Å². The molecule has 0 unspecified atom stereocenters. The molecule has 4 heteroatoms. The molecule has 1 aliphatic rings. The predicted octanol–water partition coefficient (Wildman–Crippen LogP) is 2.27. The van der Waals surface area contributed by atoms with Crippen LogP contribution >= 0.6 is 0 Å². The molecule has 88 valence electrons. The van der Waals surface area contributed by atoms with E-state index in [1.54, 1.807) is 0 Å². The third-order valence-electron chi connectivity index (χ3n) is 3.06. The fourth-order valence-corrected chi connectivity index (χ4v) is 1.97. The molecule has 1 fully saturated rings. The minimum Gasteiger partial charge on any atom is -0.355 e. The van der Waals surface area contributed by atoms with Crippen molar-refractivity contribution in [3.8, 4) is 0 Å². The number of nitrogens with one attached hydrogen (secondary N) is 1. The van der Waals surface area contributed by atoms with Crippen LogP contribution in [-0.2, 0) is 6.42 Å². The molecule has 1 N–H and O–H groups in total. The third kappa shape index (κ3) is 2.46. The lowest BCUT2D eigenvalue weighted by molar-refractivity contribution is 0.742. The number of hydrogen-bond donors (Lipinski definition) is 1. The van der Waals surface area contributed by atoms with Crippen LogP contribution < -0.4 is 5.32 Å². The summed E-state index contributed by atoms with van der Waals surface area (Å²) in [5.74, 6) is 1.00. The molecule has 0 atom stereocenters. The van der Waals surface area contributed by atoms with Crippen molar-refractivity contribution < 1.29 is 0 Å². The van der Waals surface area contributed by atoms with Gasteiger partial charge in [0.25, 0.3) is 0 Å². The van der Waals surface area contributed by atoms with Crippen LogP contribution in [0.3, 0.4) is 0 Å². The monoisotopic (exact) mass is 228 g/mol. The first kappa shape index (κ1) is 10.3. The molecule has 0 spiro atoms. The van der Waals surface area contributed by atoms with Gasteiger partial charge in [-0.15, -0.1) is 0 Å². The van der Waals surface area contributed by atoms with Crippen molar-refractivity contribution in [2.75, 3.05) is 11.9 Å². The zero-order valence-corrected chi connectivity index (χ0v) is 9.71. The van der Waals surface area contributed by atoms with Gasteiger partial charge in [0.15, 0.2) is 0 Å². The second kappa shape index (κ2) is 4.57. The van der Waals surface area contributed by atoms with Gasteiger partial charge in [-0.05, 0) is 37.0 Å². The largest absolute Gasteiger partial charge is 0.355 e. The van der Waals surface area contributed by atoms with E-state index in [0.29, 0.717) is 6.04 Å². The topological polar surface area (TPSA) is 42.7 Å². The van der Waals surface area contributed by atoms with Crippen molar-refractivity contribution in [1.29, 1.82) is 0 Å². The molecule has 3 rings (SSSR count). The molecule has 1 saturated carbocycles. The van der Waals surface area contributed by atoms with Crippen molar-refractivity contribution in [1.82, 2.24) is 14.5 Å². The van der Waals surface area contributed by atoms with Crippen LogP contribution in [0, 0.1) is 0 Å². The van der Waals surface area contributed by atoms with E-state index in [-0.39, 0.29) is 0 Å². The van der Waals surface area contributed by atoms with Gasteiger partial charge in [-0.2, -0.15) is 0 Å². The Balaban J connectivity index is 1.55. The van der Waals surface area contributed by atoms with E-state index >= 15 is 0 Å². The first-order valence-electron chi connectivity index (χ1n) is 6.09. The third-order valence-corrected chi connectivity index (χ3v) is 3.06. The standard InChI is InChI=1S/C13H16N4/c1-2-12(1)17-10-9-16-13(17)15-8-5-11-3-6-14-7-4-11/h3-4,6-7,9-10,12H,1-2,5,8H2,(H,15,16). The van der Waals surface area contributed by atoms with E-state index in [2.05, 4.69) is 38.2 Å². The minimum atomic E-state index is 0.681. The summed E-state index contributed by atoms with van der Waals surface area (Å²) in [6.45, 7) is 0.910. The van der Waals surface area contributed by atoms with Gasteiger partial charge < -0.3 is 9.88 Å². The summed E-state index contributed by atoms with van der Waals surface area (Å²) in [4.78, 5) is 8.36. The Kier molecular flexibility index (Phi) is 2.78. The molecule has 2 aromatic rings. The molecule has 2 heterocycles. The van der Waals surface area contributed by atoms with Crippen molar-refractivity contribution in [2.45, 2.75) is 25.3 Å². The van der Waals surface area contributed by atoms with E-state index < -0.39 is 0 Å². The zero-order chi connectivity index (χ0) is 11.5. The fourth-order valence-electron chi connectivity index (χ4n) is 1.97. The van der Waals surface area contributed by atoms with Gasteiger partial charge in [0.2, 0.25) is 5.95 Å². The Morgan fingerprint density at radius 3 is 2.82 bits per heavy atom. The second-order valence-corrected chi connectivity index (χ2v) is 4.42. The number of nitrogens with zero attached hydrogens (tertiary/aromatic N) is 3. The lowest BCUT2D eigenvalue weighted by Crippen LogP contribution is -2.09. The highest BCUT2D eigenvalue weighted by atomic mass is 15.2. The Bertz CT molecular complexity index is 473. The maximum Gasteiger partial charge on any atom is 0.203 e. The summed E-state index contributed by atoms with van der Waals surface area (Å²) >= 11 is 0. The highest BCUT2D eigenvalue weighted by Crippen LogP contribution is 2.36. The normalized spacial score (nSPS) is 14.8. The van der Waals surface area contributed by atoms with Gasteiger partial charge >= 0.3 is 0 Å². The number of aromatic nitrogens is 3. The molecule has 1 aliphatic carbocycles. The van der Waals surface area contributed by atoms with Crippen molar-refractivity contribution in [2.24, 2.45) is 0 Å². The molecule has 0 bridgehead atoms. The number of hydrogen-bond acceptors (Lipinski definition) is 3. The number of pyridine rings is 1. The van der Waals surface area contributed by atoms with Gasteiger partial charge in [-0.1, -0.05) is 0 Å². The molecule has 17 heavy (non-hydrogen) atoms. The van der Waals surface area contributed by atoms with Crippen LogP contribution in [0.2, 0.25) is 0 Å². The van der Waals surface area contributed by atoms with Crippen molar-refractivity contribution in [3.63, 3.8) is 0 Å². The SMILES string of the molecule is c1cc(CCNc2nccn2C2CC2)ccn1. The second-order valence-electron chi connectivity index (χ2n) is 4.42. The van der Waals surface area contributed by atoms with Crippen LogP contribution in [-0.4, -0.2) is 21.1 Å². The quantitative estimate of drug-likeness (QED) is 0.853. The van der Waals surface area contributed by atoms with Gasteiger partial charge in [0.05, 0.1) is 0 Å². The van der Waals surface area contributed by atoms with Crippen LogP contribution in [0.25, 0.3) is 0 Å². The van der Waals surface area contributed by atoms with Gasteiger partial charge in [0.1, 0.15) is 0 Å². The molecular formula is C13H16N4. The van der Waals surface area contributed by atoms with E-state index in [9.17, 15) is 0 Å². The Morgan fingerprint density at radius 1 is 1.24 bits per heavy atom. The first-order chi connectivity index (χ1) is 8.43. The summed E-state index contributed by atoms with van der Waals surface area (Å²) in [5.41, 5.74) is 1.30. The Morgan fingerprint density at radius 2 is 2.06 bits per heavy atom.